The maximum absolute atomic E-state index is 9.84. The predicted molar refractivity (Wildman–Crippen MR) is 106 cm³/mol. The fourth-order valence-electron chi connectivity index (χ4n) is 5.22. The largest absolute Gasteiger partial charge is 0.192 e. The van der Waals surface area contributed by atoms with Gasteiger partial charge in [0.15, 0.2) is 0 Å². The molecule has 0 amide bonds. The molecule has 0 heterocycles. The van der Waals surface area contributed by atoms with Gasteiger partial charge in [-0.05, 0) is 72.6 Å². The van der Waals surface area contributed by atoms with Crippen LogP contribution in [0.4, 0.5) is 0 Å². The number of rotatable bonds is 6. The molecule has 2 nitrogen and oxygen atoms in total. The first-order valence-electron chi connectivity index (χ1n) is 10.7. The Hall–Kier alpha value is -1.80. The molecule has 2 unspecified atom stereocenters. The van der Waals surface area contributed by atoms with Crippen molar-refractivity contribution in [2.24, 2.45) is 11.8 Å². The number of nitriles is 2. The van der Waals surface area contributed by atoms with E-state index in [2.05, 4.69) is 26.0 Å². The highest BCUT2D eigenvalue weighted by atomic mass is 14.4. The zero-order valence-electron chi connectivity index (χ0n) is 16.5. The van der Waals surface area contributed by atoms with Crippen LogP contribution in [0.15, 0.2) is 0 Å². The fourth-order valence-corrected chi connectivity index (χ4v) is 5.22. The molecular formula is C24H32N2. The van der Waals surface area contributed by atoms with Gasteiger partial charge in [0.05, 0.1) is 11.1 Å². The monoisotopic (exact) mass is 348 g/mol. The van der Waals surface area contributed by atoms with E-state index in [1.54, 1.807) is 0 Å². The fraction of sp³-hybridized carbons (Fsp3) is 0.667. The molecule has 138 valence electrons. The van der Waals surface area contributed by atoms with Crippen LogP contribution in [0.3, 0.4) is 0 Å². The molecule has 2 aliphatic carbocycles. The Kier molecular flexibility index (Phi) is 6.37. The molecule has 0 fully saturated rings. The van der Waals surface area contributed by atoms with E-state index >= 15 is 0 Å². The molecule has 2 heteroatoms. The van der Waals surface area contributed by atoms with Crippen molar-refractivity contribution in [2.75, 3.05) is 0 Å². The van der Waals surface area contributed by atoms with Gasteiger partial charge in [0.1, 0.15) is 12.1 Å². The molecule has 0 aliphatic heterocycles. The van der Waals surface area contributed by atoms with Crippen molar-refractivity contribution in [2.45, 2.75) is 90.9 Å². The van der Waals surface area contributed by atoms with E-state index < -0.39 is 0 Å². The molecule has 0 saturated carbocycles. The summed E-state index contributed by atoms with van der Waals surface area (Å²) in [6.07, 6.45) is 14.4. The van der Waals surface area contributed by atoms with Crippen molar-refractivity contribution in [3.63, 3.8) is 0 Å². The second-order valence-corrected chi connectivity index (χ2v) is 8.39. The molecule has 0 saturated heterocycles. The number of hydrogen-bond donors (Lipinski definition) is 0. The lowest BCUT2D eigenvalue weighted by Crippen LogP contribution is -2.24. The van der Waals surface area contributed by atoms with Gasteiger partial charge in [-0.2, -0.15) is 10.5 Å². The number of nitrogens with zero attached hydrogens (tertiary/aromatic N) is 2. The van der Waals surface area contributed by atoms with Crippen molar-refractivity contribution in [1.82, 2.24) is 0 Å². The average molecular weight is 349 g/mol. The molecule has 2 aliphatic rings. The van der Waals surface area contributed by atoms with E-state index in [1.807, 2.05) is 0 Å². The van der Waals surface area contributed by atoms with Gasteiger partial charge in [-0.15, -0.1) is 0 Å². The smallest absolute Gasteiger partial charge is 0.101 e. The lowest BCUT2D eigenvalue weighted by molar-refractivity contribution is 0.394. The molecular weight excluding hydrogens is 316 g/mol. The van der Waals surface area contributed by atoms with Gasteiger partial charge in [0.2, 0.25) is 0 Å². The number of unbranched alkanes of at least 4 members (excludes halogenated alkanes) is 2. The third-order valence-corrected chi connectivity index (χ3v) is 6.69. The van der Waals surface area contributed by atoms with Crippen molar-refractivity contribution >= 4 is 0 Å². The SMILES string of the molecule is CCCCC1CCc2c(c(C#N)c(C#N)c3c2CC(CCCC)CC3)C1. The zero-order valence-corrected chi connectivity index (χ0v) is 16.5. The number of hydrogen-bond acceptors (Lipinski definition) is 2. The zero-order chi connectivity index (χ0) is 18.5. The van der Waals surface area contributed by atoms with Crippen LogP contribution in [0.1, 0.15) is 98.6 Å². The molecule has 0 bridgehead atoms. The minimum absolute atomic E-state index is 0.693. The van der Waals surface area contributed by atoms with Gasteiger partial charge in [0, 0.05) is 0 Å². The minimum Gasteiger partial charge on any atom is -0.192 e. The summed E-state index contributed by atoms with van der Waals surface area (Å²) in [6, 6.07) is 4.84. The predicted octanol–water partition coefficient (Wildman–Crippen LogP) is 6.02. The molecule has 1 aromatic carbocycles. The third-order valence-electron chi connectivity index (χ3n) is 6.69. The Labute approximate surface area is 159 Å². The average Bonchev–Trinajstić information content (AvgIpc) is 2.69. The standard InChI is InChI=1S/C24H32N2/c1-3-5-7-17-10-12-20-21(13-17)19-11-9-18(8-6-4-2)14-22(19)24(16-26)23(20)15-25/h17-18H,3-14H2,1-2H3. The van der Waals surface area contributed by atoms with Gasteiger partial charge < -0.3 is 0 Å². The van der Waals surface area contributed by atoms with Gasteiger partial charge in [-0.1, -0.05) is 52.4 Å². The van der Waals surface area contributed by atoms with Crippen molar-refractivity contribution in [3.8, 4) is 12.1 Å². The Morgan fingerprint density at radius 1 is 0.731 bits per heavy atom. The topological polar surface area (TPSA) is 47.6 Å². The molecule has 2 atom stereocenters. The van der Waals surface area contributed by atoms with Crippen LogP contribution >= 0.6 is 0 Å². The maximum Gasteiger partial charge on any atom is 0.101 e. The van der Waals surface area contributed by atoms with E-state index in [1.165, 1.54) is 73.6 Å². The molecule has 26 heavy (non-hydrogen) atoms. The maximum atomic E-state index is 9.84. The Morgan fingerprint density at radius 3 is 1.77 bits per heavy atom. The minimum atomic E-state index is 0.693. The van der Waals surface area contributed by atoms with Gasteiger partial charge >= 0.3 is 0 Å². The van der Waals surface area contributed by atoms with Crippen molar-refractivity contribution in [3.05, 3.63) is 33.4 Å². The molecule has 3 rings (SSSR count). The highest BCUT2D eigenvalue weighted by molar-refractivity contribution is 5.62. The molecule has 0 spiro atoms. The van der Waals surface area contributed by atoms with E-state index in [9.17, 15) is 10.5 Å². The molecule has 0 N–H and O–H groups in total. The summed E-state index contributed by atoms with van der Waals surface area (Å²) in [5, 5.41) is 19.7. The van der Waals surface area contributed by atoms with Gasteiger partial charge in [0.25, 0.3) is 0 Å². The Morgan fingerprint density at radius 2 is 1.23 bits per heavy atom. The van der Waals surface area contributed by atoms with Crippen LogP contribution in [-0.2, 0) is 25.7 Å². The summed E-state index contributed by atoms with van der Waals surface area (Å²) in [5.41, 5.74) is 6.83. The first-order chi connectivity index (χ1) is 12.7. The molecule has 0 radical (unpaired) electrons. The summed E-state index contributed by atoms with van der Waals surface area (Å²) >= 11 is 0. The van der Waals surface area contributed by atoms with E-state index in [-0.39, 0.29) is 0 Å². The van der Waals surface area contributed by atoms with Crippen molar-refractivity contribution in [1.29, 1.82) is 10.5 Å². The van der Waals surface area contributed by atoms with E-state index in [0.717, 1.165) is 37.2 Å². The third kappa shape index (κ3) is 3.66. The normalized spacial score (nSPS) is 21.4. The van der Waals surface area contributed by atoms with E-state index in [4.69, 9.17) is 0 Å². The van der Waals surface area contributed by atoms with Crippen LogP contribution in [0.2, 0.25) is 0 Å². The molecule has 0 aromatic heterocycles. The van der Waals surface area contributed by atoms with Crippen molar-refractivity contribution < 1.29 is 0 Å². The Balaban J connectivity index is 1.99. The second-order valence-electron chi connectivity index (χ2n) is 8.39. The quantitative estimate of drug-likeness (QED) is 0.631. The molecule has 1 aromatic rings. The summed E-state index contributed by atoms with van der Waals surface area (Å²) in [6.45, 7) is 4.51. The van der Waals surface area contributed by atoms with Gasteiger partial charge in [-0.3, -0.25) is 0 Å². The Bertz CT molecular complexity index is 732. The van der Waals surface area contributed by atoms with Crippen LogP contribution in [-0.4, -0.2) is 0 Å². The summed E-state index contributed by atoms with van der Waals surface area (Å²) < 4.78 is 0. The van der Waals surface area contributed by atoms with Crippen LogP contribution in [0, 0.1) is 34.5 Å². The summed E-state index contributed by atoms with van der Waals surface area (Å²) in [4.78, 5) is 0. The van der Waals surface area contributed by atoms with Crippen LogP contribution < -0.4 is 0 Å². The highest BCUT2D eigenvalue weighted by Gasteiger charge is 2.31. The lowest BCUT2D eigenvalue weighted by atomic mass is 9.70. The first-order valence-corrected chi connectivity index (χ1v) is 10.7. The summed E-state index contributed by atoms with van der Waals surface area (Å²) in [5.74, 6) is 1.46. The van der Waals surface area contributed by atoms with Crippen LogP contribution in [0.25, 0.3) is 0 Å². The van der Waals surface area contributed by atoms with Crippen LogP contribution in [0.5, 0.6) is 0 Å². The number of benzene rings is 1. The second kappa shape index (κ2) is 8.73. The summed E-state index contributed by atoms with van der Waals surface area (Å²) in [7, 11) is 0. The van der Waals surface area contributed by atoms with E-state index in [0.29, 0.717) is 11.5 Å². The highest BCUT2D eigenvalue weighted by Crippen LogP contribution is 2.41. The first kappa shape index (κ1) is 19.0. The lowest BCUT2D eigenvalue weighted by Gasteiger charge is -2.33. The number of fused-ring (bicyclic) bond motifs is 3. The van der Waals surface area contributed by atoms with Gasteiger partial charge in [-0.25, -0.2) is 0 Å².